The van der Waals surface area contributed by atoms with E-state index in [1.54, 1.807) is 0 Å². The standard InChI is InChI=1S/C4H2Br2Cl2F4/c5-2(8,1-7)3(6,9)4(10,11)12/h1H2. The Bertz CT molecular complexity index is 167. The zero-order valence-corrected chi connectivity index (χ0v) is 9.91. The van der Waals surface area contributed by atoms with Gasteiger partial charge in [0.25, 0.3) is 4.58 Å². The molecule has 0 aliphatic carbocycles. The molecule has 0 saturated carbocycles. The number of hydrogen-bond donors (Lipinski definition) is 0. The monoisotopic (exact) mass is 354 g/mol. The summed E-state index contributed by atoms with van der Waals surface area (Å²) in [6, 6.07) is 0. The first kappa shape index (κ1) is 13.3. The highest BCUT2D eigenvalue weighted by Crippen LogP contribution is 2.53. The highest BCUT2D eigenvalue weighted by molar-refractivity contribution is 9.13. The summed E-state index contributed by atoms with van der Waals surface area (Å²) < 4.78 is 42.5. The lowest BCUT2D eigenvalue weighted by atomic mass is 10.3. The third-order valence-corrected chi connectivity index (χ3v) is 4.95. The molecule has 74 valence electrons. The van der Waals surface area contributed by atoms with Crippen molar-refractivity contribution in [3.63, 3.8) is 0 Å². The van der Waals surface area contributed by atoms with E-state index in [0.29, 0.717) is 0 Å². The van der Waals surface area contributed by atoms with Crippen molar-refractivity contribution in [1.82, 2.24) is 0 Å². The van der Waals surface area contributed by atoms with Crippen LogP contribution in [0.5, 0.6) is 0 Å². The molecule has 2 unspecified atom stereocenters. The van der Waals surface area contributed by atoms with E-state index in [1.165, 1.54) is 0 Å². The predicted octanol–water partition coefficient (Wildman–Crippen LogP) is 4.18. The van der Waals surface area contributed by atoms with Gasteiger partial charge in [-0.05, 0) is 15.9 Å². The Morgan fingerprint density at radius 2 is 1.42 bits per heavy atom. The smallest absolute Gasteiger partial charge is 0.218 e. The van der Waals surface area contributed by atoms with E-state index in [1.807, 2.05) is 15.9 Å². The first-order valence-corrected chi connectivity index (χ1v) is 4.94. The van der Waals surface area contributed by atoms with E-state index in [0.717, 1.165) is 0 Å². The Morgan fingerprint density at radius 3 is 1.50 bits per heavy atom. The molecule has 0 radical (unpaired) electrons. The molecule has 8 heteroatoms. The molecule has 12 heavy (non-hydrogen) atoms. The van der Waals surface area contributed by atoms with E-state index >= 15 is 0 Å². The van der Waals surface area contributed by atoms with Crippen molar-refractivity contribution < 1.29 is 17.6 Å². The van der Waals surface area contributed by atoms with Crippen LogP contribution in [0.3, 0.4) is 0 Å². The van der Waals surface area contributed by atoms with E-state index in [2.05, 4.69) is 15.9 Å². The summed E-state index contributed by atoms with van der Waals surface area (Å²) in [5.74, 6) is -0.740. The molecule has 0 saturated heterocycles. The van der Waals surface area contributed by atoms with Crippen molar-refractivity contribution >= 4 is 55.1 Å². The second-order valence-electron chi connectivity index (χ2n) is 1.91. The van der Waals surface area contributed by atoms with E-state index < -0.39 is 20.4 Å². The van der Waals surface area contributed by atoms with Gasteiger partial charge in [0.2, 0.25) is 0 Å². The second-order valence-corrected chi connectivity index (χ2v) is 5.73. The molecule has 0 aliphatic heterocycles. The van der Waals surface area contributed by atoms with Gasteiger partial charge in [0, 0.05) is 0 Å². The molecule has 0 N–H and O–H groups in total. The van der Waals surface area contributed by atoms with Crippen LogP contribution in [0.4, 0.5) is 17.6 Å². The van der Waals surface area contributed by atoms with Gasteiger partial charge in [-0.25, -0.2) is 4.39 Å². The van der Waals surface area contributed by atoms with Crippen molar-refractivity contribution in [2.24, 2.45) is 0 Å². The summed E-state index contributed by atoms with van der Waals surface area (Å²) in [6.45, 7) is 0. The fourth-order valence-corrected chi connectivity index (χ4v) is 1.11. The molecule has 0 aliphatic rings. The maximum atomic E-state index is 12.9. The molecule has 0 amide bonds. The number of hydrogen-bond acceptors (Lipinski definition) is 0. The number of rotatable bonds is 2. The summed E-state index contributed by atoms with van der Waals surface area (Å²) in [4.78, 5) is 0. The zero-order chi connectivity index (χ0) is 10.2. The van der Waals surface area contributed by atoms with Gasteiger partial charge in [0.1, 0.15) is 0 Å². The van der Waals surface area contributed by atoms with Gasteiger partial charge in [0.15, 0.2) is 3.78 Å². The molecule has 0 aromatic carbocycles. The van der Waals surface area contributed by atoms with Crippen LogP contribution in [0.15, 0.2) is 0 Å². The molecule has 0 aromatic heterocycles. The second kappa shape index (κ2) is 3.79. The third kappa shape index (κ3) is 2.39. The molecule has 0 aromatic rings. The Balaban J connectivity index is 4.85. The minimum atomic E-state index is -5.13. The van der Waals surface area contributed by atoms with Gasteiger partial charge in [0.05, 0.1) is 5.88 Å². The van der Waals surface area contributed by atoms with Crippen molar-refractivity contribution in [3.05, 3.63) is 0 Å². The molecule has 0 rings (SSSR count). The molecule has 0 nitrogen and oxygen atoms in total. The Labute approximate surface area is 92.8 Å². The average Bonchev–Trinajstić information content (AvgIpc) is 1.85. The molecular weight excluding hydrogens is 355 g/mol. The lowest BCUT2D eigenvalue weighted by Gasteiger charge is -2.31. The zero-order valence-electron chi connectivity index (χ0n) is 5.23. The molecule has 0 heterocycles. The topological polar surface area (TPSA) is 0 Å². The number of alkyl halides is 8. The summed E-state index contributed by atoms with van der Waals surface area (Å²) in [5, 5.41) is 0. The minimum absolute atomic E-state index is 0.740. The summed E-state index contributed by atoms with van der Waals surface area (Å²) >= 11 is 14.3. The molecule has 2 atom stereocenters. The third-order valence-electron chi connectivity index (χ3n) is 0.983. The van der Waals surface area contributed by atoms with Gasteiger partial charge in [-0.2, -0.15) is 13.2 Å². The molecular formula is C4H2Br2Cl2F4. The lowest BCUT2D eigenvalue weighted by Crippen LogP contribution is -2.49. The minimum Gasteiger partial charge on any atom is -0.218 e. The highest BCUT2D eigenvalue weighted by Gasteiger charge is 2.65. The lowest BCUT2D eigenvalue weighted by molar-refractivity contribution is -0.193. The van der Waals surface area contributed by atoms with E-state index in [-0.39, 0.29) is 0 Å². The fourth-order valence-electron chi connectivity index (χ4n) is 0.291. The quantitative estimate of drug-likeness (QED) is 0.514. The van der Waals surface area contributed by atoms with Crippen molar-refractivity contribution in [2.75, 3.05) is 5.88 Å². The molecule has 0 bridgehead atoms. The van der Waals surface area contributed by atoms with Crippen LogP contribution < -0.4 is 0 Å². The largest absolute Gasteiger partial charge is 0.435 e. The van der Waals surface area contributed by atoms with Crippen LogP contribution in [0, 0.1) is 0 Å². The van der Waals surface area contributed by atoms with Crippen LogP contribution >= 0.6 is 55.1 Å². The summed E-state index contributed by atoms with van der Waals surface area (Å²) in [6.07, 6.45) is -5.13. The van der Waals surface area contributed by atoms with Gasteiger partial charge in [-0.15, -0.1) is 23.2 Å². The first-order valence-electron chi connectivity index (χ1n) is 2.44. The van der Waals surface area contributed by atoms with Crippen LogP contribution in [0.25, 0.3) is 0 Å². The maximum Gasteiger partial charge on any atom is 0.435 e. The van der Waals surface area contributed by atoms with Gasteiger partial charge in [-0.3, -0.25) is 0 Å². The van der Waals surface area contributed by atoms with Gasteiger partial charge >= 0.3 is 6.18 Å². The average molecular weight is 357 g/mol. The summed E-state index contributed by atoms with van der Waals surface area (Å²) in [5.41, 5.74) is 0. The SMILES string of the molecule is FC(F)(F)C(F)(Br)C(Cl)(Br)CCl. The predicted molar refractivity (Wildman–Crippen MR) is 47.1 cm³/mol. The molecule has 0 spiro atoms. The van der Waals surface area contributed by atoms with Crippen LogP contribution in [0.1, 0.15) is 0 Å². The van der Waals surface area contributed by atoms with E-state index in [9.17, 15) is 17.6 Å². The maximum absolute atomic E-state index is 12.9. The normalized spacial score (nSPS) is 23.0. The molecule has 0 fully saturated rings. The van der Waals surface area contributed by atoms with E-state index in [4.69, 9.17) is 23.2 Å². The van der Waals surface area contributed by atoms with Gasteiger partial charge < -0.3 is 0 Å². The van der Waals surface area contributed by atoms with Crippen LogP contribution in [-0.2, 0) is 0 Å². The Morgan fingerprint density at radius 1 is 1.08 bits per heavy atom. The highest BCUT2D eigenvalue weighted by atomic mass is 79.9. The Hall–Kier alpha value is 1.26. The van der Waals surface area contributed by atoms with Gasteiger partial charge in [-0.1, -0.05) is 15.9 Å². The van der Waals surface area contributed by atoms with Crippen molar-refractivity contribution in [2.45, 2.75) is 14.5 Å². The van der Waals surface area contributed by atoms with Crippen molar-refractivity contribution in [3.8, 4) is 0 Å². The fraction of sp³-hybridized carbons (Fsp3) is 1.00. The van der Waals surface area contributed by atoms with Crippen molar-refractivity contribution in [1.29, 1.82) is 0 Å². The Kier molecular flexibility index (Phi) is 4.18. The summed E-state index contributed by atoms with van der Waals surface area (Å²) in [7, 11) is 0. The van der Waals surface area contributed by atoms with Crippen LogP contribution in [0.2, 0.25) is 0 Å². The number of halogens is 8. The first-order chi connectivity index (χ1) is 5.06. The van der Waals surface area contributed by atoms with Crippen LogP contribution in [-0.4, -0.2) is 20.4 Å².